The molecule has 8 aromatic rings. The molecule has 0 amide bonds. The molecule has 8 rings (SSSR count). The molecule has 0 fully saturated rings. The Morgan fingerprint density at radius 1 is 0.273 bits per heavy atom. The van der Waals surface area contributed by atoms with E-state index in [-0.39, 0.29) is 0 Å². The molecule has 44 heavy (non-hydrogen) atoms. The first kappa shape index (κ1) is 25.8. The molecule has 7 aromatic carbocycles. The Hall–Kier alpha value is -5.93. The molecule has 0 atom stereocenters. The second-order valence-electron chi connectivity index (χ2n) is 10.8. The first-order chi connectivity index (χ1) is 21.8. The van der Waals surface area contributed by atoms with E-state index in [1.165, 1.54) is 33.0 Å². The lowest BCUT2D eigenvalue weighted by molar-refractivity contribution is 1.08. The van der Waals surface area contributed by atoms with Crippen LogP contribution in [0.25, 0.3) is 78.0 Å². The van der Waals surface area contributed by atoms with Crippen LogP contribution in [0.2, 0.25) is 0 Å². The summed E-state index contributed by atoms with van der Waals surface area (Å²) in [4.78, 5) is 15.2. The Labute approximate surface area is 256 Å². The molecule has 0 bridgehead atoms. The fourth-order valence-electron chi connectivity index (χ4n) is 6.16. The van der Waals surface area contributed by atoms with Crippen molar-refractivity contribution in [3.8, 4) is 56.4 Å². The first-order valence-electron chi connectivity index (χ1n) is 14.8. The van der Waals surface area contributed by atoms with Crippen LogP contribution in [0.1, 0.15) is 0 Å². The van der Waals surface area contributed by atoms with Gasteiger partial charge in [0.05, 0.1) is 0 Å². The van der Waals surface area contributed by atoms with Crippen molar-refractivity contribution < 1.29 is 0 Å². The Kier molecular flexibility index (Phi) is 6.47. The summed E-state index contributed by atoms with van der Waals surface area (Å²) in [6.07, 6.45) is 0. The minimum absolute atomic E-state index is 0.653. The largest absolute Gasteiger partial charge is 0.208 e. The van der Waals surface area contributed by atoms with Crippen LogP contribution < -0.4 is 0 Å². The zero-order valence-electron chi connectivity index (χ0n) is 23.9. The Morgan fingerprint density at radius 2 is 0.659 bits per heavy atom. The fourth-order valence-corrected chi connectivity index (χ4v) is 6.16. The Bertz CT molecular complexity index is 2190. The average Bonchev–Trinajstić information content (AvgIpc) is 3.12. The van der Waals surface area contributed by atoms with Gasteiger partial charge in [-0.15, -0.1) is 0 Å². The average molecular weight is 562 g/mol. The third-order valence-electron chi connectivity index (χ3n) is 8.11. The minimum atomic E-state index is 0.653. The van der Waals surface area contributed by atoms with Crippen LogP contribution in [-0.2, 0) is 0 Å². The lowest BCUT2D eigenvalue weighted by Gasteiger charge is -2.20. The molecule has 0 saturated heterocycles. The number of nitrogens with zero attached hydrogens (tertiary/aromatic N) is 3. The molecular formula is C41H27N3. The number of benzene rings is 7. The maximum atomic E-state index is 5.12. The normalized spacial score (nSPS) is 11.2. The van der Waals surface area contributed by atoms with E-state index < -0.39 is 0 Å². The summed E-state index contributed by atoms with van der Waals surface area (Å²) in [5, 5.41) is 4.65. The number of fused-ring (bicyclic) bond motifs is 3. The van der Waals surface area contributed by atoms with E-state index in [0.29, 0.717) is 17.5 Å². The van der Waals surface area contributed by atoms with Crippen molar-refractivity contribution in [3.63, 3.8) is 0 Å². The lowest BCUT2D eigenvalue weighted by Crippen LogP contribution is -2.01. The first-order valence-corrected chi connectivity index (χ1v) is 14.8. The molecule has 0 radical (unpaired) electrons. The zero-order valence-corrected chi connectivity index (χ0v) is 23.9. The minimum Gasteiger partial charge on any atom is -0.208 e. The van der Waals surface area contributed by atoms with Crippen molar-refractivity contribution in [3.05, 3.63) is 164 Å². The summed E-state index contributed by atoms with van der Waals surface area (Å²) in [5.74, 6) is 1.96. The molecule has 0 aliphatic rings. The van der Waals surface area contributed by atoms with Crippen molar-refractivity contribution in [1.82, 2.24) is 15.0 Å². The zero-order chi connectivity index (χ0) is 29.3. The monoisotopic (exact) mass is 561 g/mol. The highest BCUT2D eigenvalue weighted by atomic mass is 15.0. The number of hydrogen-bond acceptors (Lipinski definition) is 3. The lowest BCUT2D eigenvalue weighted by atomic mass is 9.83. The van der Waals surface area contributed by atoms with Gasteiger partial charge in [-0.2, -0.15) is 0 Å². The summed E-state index contributed by atoms with van der Waals surface area (Å²) in [7, 11) is 0. The van der Waals surface area contributed by atoms with Gasteiger partial charge in [0, 0.05) is 22.1 Å². The van der Waals surface area contributed by atoms with Gasteiger partial charge in [0.2, 0.25) is 0 Å². The third kappa shape index (κ3) is 4.52. The van der Waals surface area contributed by atoms with Crippen molar-refractivity contribution >= 4 is 21.5 Å². The van der Waals surface area contributed by atoms with Crippen LogP contribution in [0, 0.1) is 0 Å². The number of rotatable bonds is 5. The molecular weight excluding hydrogens is 534 g/mol. The molecule has 0 N–H and O–H groups in total. The van der Waals surface area contributed by atoms with Crippen LogP contribution in [-0.4, -0.2) is 15.0 Å². The van der Waals surface area contributed by atoms with Gasteiger partial charge < -0.3 is 0 Å². The van der Waals surface area contributed by atoms with Crippen molar-refractivity contribution in [1.29, 1.82) is 0 Å². The van der Waals surface area contributed by atoms with Crippen molar-refractivity contribution in [2.24, 2.45) is 0 Å². The van der Waals surface area contributed by atoms with Gasteiger partial charge in [-0.25, -0.2) is 15.0 Å². The number of hydrogen-bond donors (Lipinski definition) is 0. The highest BCUT2D eigenvalue weighted by Crippen LogP contribution is 2.46. The highest BCUT2D eigenvalue weighted by Gasteiger charge is 2.21. The van der Waals surface area contributed by atoms with Crippen LogP contribution in [0.5, 0.6) is 0 Å². The molecule has 0 unspecified atom stereocenters. The quantitative estimate of drug-likeness (QED) is 0.196. The predicted octanol–water partition coefficient (Wildman–Crippen LogP) is 10.5. The van der Waals surface area contributed by atoms with E-state index in [2.05, 4.69) is 103 Å². The van der Waals surface area contributed by atoms with E-state index >= 15 is 0 Å². The van der Waals surface area contributed by atoms with Gasteiger partial charge in [-0.1, -0.05) is 164 Å². The molecule has 0 saturated carbocycles. The van der Waals surface area contributed by atoms with Crippen molar-refractivity contribution in [2.45, 2.75) is 0 Å². The topological polar surface area (TPSA) is 38.7 Å². The SMILES string of the molecule is c1ccc(-c2nc(-c3ccccc3)nc(-c3cccc4c(-c5ccccc5)c(-c5ccccc5)c5ccccc5c34)n2)cc1. The van der Waals surface area contributed by atoms with E-state index in [1.807, 2.05) is 60.7 Å². The summed E-state index contributed by atoms with van der Waals surface area (Å²) in [5.41, 5.74) is 7.67. The smallest absolute Gasteiger partial charge is 0.164 e. The maximum absolute atomic E-state index is 5.12. The van der Waals surface area contributed by atoms with Gasteiger partial charge in [0.1, 0.15) is 0 Å². The van der Waals surface area contributed by atoms with Crippen molar-refractivity contribution in [2.75, 3.05) is 0 Å². The maximum Gasteiger partial charge on any atom is 0.164 e. The molecule has 0 spiro atoms. The van der Waals surface area contributed by atoms with Crippen LogP contribution in [0.4, 0.5) is 0 Å². The second-order valence-corrected chi connectivity index (χ2v) is 10.8. The molecule has 3 nitrogen and oxygen atoms in total. The number of aromatic nitrogens is 3. The van der Waals surface area contributed by atoms with Crippen LogP contribution in [0.3, 0.4) is 0 Å². The third-order valence-corrected chi connectivity index (χ3v) is 8.11. The van der Waals surface area contributed by atoms with E-state index in [1.54, 1.807) is 0 Å². The summed E-state index contributed by atoms with van der Waals surface area (Å²) < 4.78 is 0. The van der Waals surface area contributed by atoms with Crippen LogP contribution >= 0.6 is 0 Å². The summed E-state index contributed by atoms with van der Waals surface area (Å²) in [6, 6.07) is 56.9. The molecule has 0 aliphatic carbocycles. The predicted molar refractivity (Wildman–Crippen MR) is 182 cm³/mol. The molecule has 3 heteroatoms. The van der Waals surface area contributed by atoms with Crippen LogP contribution in [0.15, 0.2) is 164 Å². The van der Waals surface area contributed by atoms with Gasteiger partial charge in [-0.3, -0.25) is 0 Å². The molecule has 1 aromatic heterocycles. The Balaban J connectivity index is 1.50. The fraction of sp³-hybridized carbons (Fsp3) is 0. The standard InChI is InChI=1S/C41H27N3/c1-5-16-28(17-6-1)36-32-24-13-14-25-33(32)38-34(37(36)29-18-7-2-8-19-29)26-15-27-35(38)41-43-39(30-20-9-3-10-21-30)42-40(44-41)31-22-11-4-12-23-31/h1-27H. The van der Waals surface area contributed by atoms with Gasteiger partial charge >= 0.3 is 0 Å². The van der Waals surface area contributed by atoms with Gasteiger partial charge in [0.15, 0.2) is 17.5 Å². The van der Waals surface area contributed by atoms with E-state index in [0.717, 1.165) is 27.5 Å². The molecule has 1 heterocycles. The van der Waals surface area contributed by atoms with Gasteiger partial charge in [-0.05, 0) is 38.4 Å². The summed E-state index contributed by atoms with van der Waals surface area (Å²) >= 11 is 0. The molecule has 0 aliphatic heterocycles. The Morgan fingerprint density at radius 3 is 1.18 bits per heavy atom. The van der Waals surface area contributed by atoms with E-state index in [9.17, 15) is 0 Å². The second kappa shape index (κ2) is 11.0. The highest BCUT2D eigenvalue weighted by molar-refractivity contribution is 6.24. The van der Waals surface area contributed by atoms with E-state index in [4.69, 9.17) is 15.0 Å². The van der Waals surface area contributed by atoms with Gasteiger partial charge in [0.25, 0.3) is 0 Å². The summed E-state index contributed by atoms with van der Waals surface area (Å²) in [6.45, 7) is 0. The molecule has 206 valence electrons.